The van der Waals surface area contributed by atoms with Crippen molar-refractivity contribution in [2.45, 2.75) is 25.4 Å². The Balaban J connectivity index is 1.98. The normalized spacial score (nSPS) is 16.8. The van der Waals surface area contributed by atoms with Crippen molar-refractivity contribution in [2.24, 2.45) is 5.92 Å². The van der Waals surface area contributed by atoms with Crippen molar-refractivity contribution in [1.29, 1.82) is 0 Å². The molecule has 1 aromatic rings. The third-order valence-electron chi connectivity index (χ3n) is 4.14. The monoisotopic (exact) mass is 314 g/mol. The number of benzene rings is 1. The fourth-order valence-electron chi connectivity index (χ4n) is 2.78. The minimum Gasteiger partial charge on any atom is -0.339 e. The Morgan fingerprint density at radius 1 is 1.32 bits per heavy atom. The Kier molecular flexibility index (Phi) is 5.45. The summed E-state index contributed by atoms with van der Waals surface area (Å²) >= 11 is 0. The van der Waals surface area contributed by atoms with Crippen LogP contribution in [0.15, 0.2) is 24.3 Å². The maximum atomic E-state index is 12.7. The molecule has 122 valence electrons. The fourth-order valence-corrected chi connectivity index (χ4v) is 2.78. The van der Waals surface area contributed by atoms with Crippen LogP contribution in [-0.2, 0) is 6.18 Å². The zero-order chi connectivity index (χ0) is 16.2. The lowest BCUT2D eigenvalue weighted by atomic mass is 9.93. The van der Waals surface area contributed by atoms with Gasteiger partial charge in [0.2, 0.25) is 0 Å². The zero-order valence-electron chi connectivity index (χ0n) is 12.6. The van der Waals surface area contributed by atoms with Crippen molar-refractivity contribution < 1.29 is 18.0 Å². The van der Waals surface area contributed by atoms with Gasteiger partial charge in [-0.1, -0.05) is 6.07 Å². The number of piperidine rings is 1. The Bertz CT molecular complexity index is 508. The zero-order valence-corrected chi connectivity index (χ0v) is 12.6. The molecule has 1 fully saturated rings. The van der Waals surface area contributed by atoms with Crippen LogP contribution in [0, 0.1) is 5.92 Å². The summed E-state index contributed by atoms with van der Waals surface area (Å²) in [6.07, 6.45) is -1.53. The van der Waals surface area contributed by atoms with Gasteiger partial charge in [-0.3, -0.25) is 4.79 Å². The number of carbonyl (C=O) groups excluding carboxylic acids is 1. The van der Waals surface area contributed by atoms with Crippen LogP contribution in [0.4, 0.5) is 13.2 Å². The molecule has 3 nitrogen and oxygen atoms in total. The van der Waals surface area contributed by atoms with Crippen molar-refractivity contribution in [3.8, 4) is 0 Å². The second kappa shape index (κ2) is 7.13. The van der Waals surface area contributed by atoms with Crippen LogP contribution < -0.4 is 5.32 Å². The Labute approximate surface area is 128 Å². The van der Waals surface area contributed by atoms with E-state index in [9.17, 15) is 18.0 Å². The number of carbonyl (C=O) groups is 1. The van der Waals surface area contributed by atoms with Gasteiger partial charge in [0.25, 0.3) is 5.91 Å². The van der Waals surface area contributed by atoms with Crippen LogP contribution in [0.1, 0.15) is 35.2 Å². The van der Waals surface area contributed by atoms with Crippen LogP contribution in [0.2, 0.25) is 0 Å². The SMILES string of the molecule is CNCCC1CCN(C(=O)c2cccc(C(F)(F)F)c2)CC1. The Hall–Kier alpha value is -1.56. The molecule has 0 atom stereocenters. The van der Waals surface area contributed by atoms with Crippen LogP contribution in [0.3, 0.4) is 0 Å². The van der Waals surface area contributed by atoms with E-state index in [2.05, 4.69) is 5.32 Å². The summed E-state index contributed by atoms with van der Waals surface area (Å²) in [5.41, 5.74) is -0.661. The molecule has 1 saturated heterocycles. The van der Waals surface area contributed by atoms with Gasteiger partial charge in [-0.2, -0.15) is 13.2 Å². The molecule has 0 saturated carbocycles. The highest BCUT2D eigenvalue weighted by molar-refractivity contribution is 5.94. The molecule has 0 bridgehead atoms. The smallest absolute Gasteiger partial charge is 0.339 e. The molecule has 2 rings (SSSR count). The second-order valence-corrected chi connectivity index (χ2v) is 5.71. The third kappa shape index (κ3) is 4.22. The van der Waals surface area contributed by atoms with E-state index in [4.69, 9.17) is 0 Å². The van der Waals surface area contributed by atoms with E-state index in [0.717, 1.165) is 37.9 Å². The van der Waals surface area contributed by atoms with Crippen LogP contribution in [0.5, 0.6) is 0 Å². The molecule has 0 aliphatic carbocycles. The average Bonchev–Trinajstić information content (AvgIpc) is 2.52. The molecule has 0 radical (unpaired) electrons. The summed E-state index contributed by atoms with van der Waals surface area (Å²) in [4.78, 5) is 14.0. The standard InChI is InChI=1S/C16H21F3N2O/c1-20-8-5-12-6-9-21(10-7-12)15(22)13-3-2-4-14(11-13)16(17,18)19/h2-4,11-12,20H,5-10H2,1H3. The highest BCUT2D eigenvalue weighted by Crippen LogP contribution is 2.30. The van der Waals surface area contributed by atoms with Gasteiger partial charge in [0.15, 0.2) is 0 Å². The summed E-state index contributed by atoms with van der Waals surface area (Å²) in [5, 5.41) is 3.11. The number of hydrogen-bond acceptors (Lipinski definition) is 2. The molecular formula is C16H21F3N2O. The molecular weight excluding hydrogens is 293 g/mol. The van der Waals surface area contributed by atoms with Gasteiger partial charge in [0, 0.05) is 18.7 Å². The van der Waals surface area contributed by atoms with Gasteiger partial charge in [-0.15, -0.1) is 0 Å². The van der Waals surface area contributed by atoms with Crippen molar-refractivity contribution in [2.75, 3.05) is 26.7 Å². The molecule has 22 heavy (non-hydrogen) atoms. The van der Waals surface area contributed by atoms with E-state index < -0.39 is 11.7 Å². The van der Waals surface area contributed by atoms with Crippen molar-refractivity contribution in [1.82, 2.24) is 10.2 Å². The predicted octanol–water partition coefficient (Wildman–Crippen LogP) is 3.17. The predicted molar refractivity (Wildman–Crippen MR) is 78.6 cm³/mol. The molecule has 6 heteroatoms. The molecule has 1 heterocycles. The van der Waals surface area contributed by atoms with Crippen LogP contribution >= 0.6 is 0 Å². The first-order valence-corrected chi connectivity index (χ1v) is 7.53. The minimum absolute atomic E-state index is 0.114. The van der Waals surface area contributed by atoms with Gasteiger partial charge in [0.05, 0.1) is 5.56 Å². The number of alkyl halides is 3. The maximum Gasteiger partial charge on any atom is 0.416 e. The maximum absolute atomic E-state index is 12.7. The molecule has 1 aromatic carbocycles. The third-order valence-corrected chi connectivity index (χ3v) is 4.14. The fraction of sp³-hybridized carbons (Fsp3) is 0.562. The number of halogens is 3. The second-order valence-electron chi connectivity index (χ2n) is 5.71. The average molecular weight is 314 g/mol. The van der Waals surface area contributed by atoms with Gasteiger partial charge in [-0.25, -0.2) is 0 Å². The highest BCUT2D eigenvalue weighted by Gasteiger charge is 2.31. The minimum atomic E-state index is -4.42. The lowest BCUT2D eigenvalue weighted by Gasteiger charge is -2.32. The number of amides is 1. The van der Waals surface area contributed by atoms with E-state index in [1.54, 1.807) is 4.90 Å². The first-order valence-electron chi connectivity index (χ1n) is 7.53. The number of rotatable bonds is 4. The van der Waals surface area contributed by atoms with Crippen molar-refractivity contribution >= 4 is 5.91 Å². The summed E-state index contributed by atoms with van der Waals surface area (Å²) in [5.74, 6) is 0.274. The molecule has 0 unspecified atom stereocenters. The van der Waals surface area contributed by atoms with E-state index in [1.165, 1.54) is 12.1 Å². The Morgan fingerprint density at radius 2 is 2.00 bits per heavy atom. The van der Waals surface area contributed by atoms with Gasteiger partial charge >= 0.3 is 6.18 Å². The molecule has 0 aromatic heterocycles. The van der Waals surface area contributed by atoms with Crippen LogP contribution in [0.25, 0.3) is 0 Å². The molecule has 0 spiro atoms. The first kappa shape index (κ1) is 16.8. The molecule has 1 aliphatic rings. The molecule has 1 amide bonds. The summed E-state index contributed by atoms with van der Waals surface area (Å²) in [6, 6.07) is 4.66. The summed E-state index contributed by atoms with van der Waals surface area (Å²) in [6.45, 7) is 2.18. The van der Waals surface area contributed by atoms with Crippen LogP contribution in [-0.4, -0.2) is 37.5 Å². The highest BCUT2D eigenvalue weighted by atomic mass is 19.4. The largest absolute Gasteiger partial charge is 0.416 e. The number of nitrogens with zero attached hydrogens (tertiary/aromatic N) is 1. The van der Waals surface area contributed by atoms with Crippen molar-refractivity contribution in [3.63, 3.8) is 0 Å². The number of likely N-dealkylation sites (tertiary alicyclic amines) is 1. The van der Waals surface area contributed by atoms with Gasteiger partial charge in [-0.05, 0) is 57.0 Å². The van der Waals surface area contributed by atoms with E-state index in [1.807, 2.05) is 7.05 Å². The topological polar surface area (TPSA) is 32.3 Å². The van der Waals surface area contributed by atoms with E-state index in [-0.39, 0.29) is 11.5 Å². The molecule has 1 N–H and O–H groups in total. The lowest BCUT2D eigenvalue weighted by molar-refractivity contribution is -0.137. The van der Waals surface area contributed by atoms with E-state index >= 15 is 0 Å². The quantitative estimate of drug-likeness (QED) is 0.926. The Morgan fingerprint density at radius 3 is 2.59 bits per heavy atom. The number of hydrogen-bond donors (Lipinski definition) is 1. The van der Waals surface area contributed by atoms with Crippen molar-refractivity contribution in [3.05, 3.63) is 35.4 Å². The van der Waals surface area contributed by atoms with Gasteiger partial charge in [0.1, 0.15) is 0 Å². The lowest BCUT2D eigenvalue weighted by Crippen LogP contribution is -2.39. The first-order chi connectivity index (χ1) is 10.4. The van der Waals surface area contributed by atoms with E-state index in [0.29, 0.717) is 19.0 Å². The van der Waals surface area contributed by atoms with Gasteiger partial charge < -0.3 is 10.2 Å². The molecule has 1 aliphatic heterocycles. The summed E-state index contributed by atoms with van der Waals surface area (Å²) in [7, 11) is 1.91. The summed E-state index contributed by atoms with van der Waals surface area (Å²) < 4.78 is 38.1. The number of nitrogens with one attached hydrogen (secondary N) is 1.